The van der Waals surface area contributed by atoms with Crippen LogP contribution in [0.25, 0.3) is 0 Å². The Kier molecular flexibility index (Phi) is 12.4. The van der Waals surface area contributed by atoms with Crippen molar-refractivity contribution in [3.63, 3.8) is 0 Å². The molecule has 1 unspecified atom stereocenters. The second kappa shape index (κ2) is 15.7. The number of nitrogens with zero attached hydrogens (tertiary/aromatic N) is 1. The van der Waals surface area contributed by atoms with Gasteiger partial charge >= 0.3 is 5.97 Å². The van der Waals surface area contributed by atoms with Gasteiger partial charge in [0.2, 0.25) is 0 Å². The quantitative estimate of drug-likeness (QED) is 0.135. The van der Waals surface area contributed by atoms with Crippen LogP contribution >= 0.6 is 0 Å². The number of aryl methyl sites for hydroxylation is 1. The van der Waals surface area contributed by atoms with Crippen LogP contribution in [0.5, 0.6) is 5.75 Å². The highest BCUT2D eigenvalue weighted by atomic mass is 16.5. The lowest BCUT2D eigenvalue weighted by molar-refractivity contribution is -0.142. The van der Waals surface area contributed by atoms with Gasteiger partial charge in [0.25, 0.3) is 0 Å². The van der Waals surface area contributed by atoms with Gasteiger partial charge in [-0.05, 0) is 66.8 Å². The number of hydrogen-bond acceptors (Lipinski definition) is 3. The van der Waals surface area contributed by atoms with Crippen LogP contribution < -0.4 is 4.74 Å². The first-order valence-electron chi connectivity index (χ1n) is 15.4. The number of hydrogen-bond donors (Lipinski definition) is 0. The monoisotopic (exact) mass is 515 g/mol. The van der Waals surface area contributed by atoms with Gasteiger partial charge in [0, 0.05) is 0 Å². The zero-order valence-corrected chi connectivity index (χ0v) is 24.2. The molecule has 38 heavy (non-hydrogen) atoms. The average Bonchev–Trinajstić information content (AvgIpc) is 2.95. The van der Waals surface area contributed by atoms with Crippen molar-refractivity contribution in [2.45, 2.75) is 129 Å². The number of nitriles is 1. The van der Waals surface area contributed by atoms with Crippen LogP contribution in [0, 0.1) is 17.2 Å². The second-order valence-corrected chi connectivity index (χ2v) is 11.6. The molecule has 206 valence electrons. The molecule has 0 aliphatic heterocycles. The molecule has 1 aliphatic carbocycles. The maximum Gasteiger partial charge on any atom is 0.321 e. The highest BCUT2D eigenvalue weighted by Crippen LogP contribution is 2.41. The maximum absolute atomic E-state index is 13.8. The van der Waals surface area contributed by atoms with Crippen LogP contribution in [0.1, 0.15) is 133 Å². The van der Waals surface area contributed by atoms with Gasteiger partial charge in [0.1, 0.15) is 11.8 Å². The molecule has 1 aliphatic rings. The normalized spacial score (nSPS) is 15.5. The summed E-state index contributed by atoms with van der Waals surface area (Å²) in [5.74, 6) is 0.840. The van der Waals surface area contributed by atoms with Gasteiger partial charge in [-0.15, -0.1) is 0 Å². The van der Waals surface area contributed by atoms with Gasteiger partial charge in [-0.3, -0.25) is 4.79 Å². The van der Waals surface area contributed by atoms with E-state index in [0.29, 0.717) is 17.2 Å². The zero-order valence-electron chi connectivity index (χ0n) is 24.2. The molecule has 2 aromatic rings. The van der Waals surface area contributed by atoms with Crippen LogP contribution in [-0.4, -0.2) is 5.97 Å². The lowest BCUT2D eigenvalue weighted by atomic mass is 9.69. The van der Waals surface area contributed by atoms with Crippen molar-refractivity contribution in [3.8, 4) is 11.8 Å². The molecule has 1 saturated carbocycles. The minimum atomic E-state index is -0.629. The third-order valence-electron chi connectivity index (χ3n) is 8.57. The Hall–Kier alpha value is -2.60. The number of unbranched alkanes of at least 4 members (excludes halogenated alkanes) is 7. The highest BCUT2D eigenvalue weighted by Gasteiger charge is 2.43. The molecular weight excluding hydrogens is 466 g/mol. The van der Waals surface area contributed by atoms with Gasteiger partial charge in [-0.1, -0.05) is 122 Å². The summed E-state index contributed by atoms with van der Waals surface area (Å²) in [6, 6.07) is 16.7. The SMILES string of the molecule is CCCCCCCCCCc1ccc(OC(=O)C2(c3ccc(CC(C)CC)cc3)CCCCC2)c(C#N)c1. The highest BCUT2D eigenvalue weighted by molar-refractivity contribution is 5.85. The molecule has 1 fully saturated rings. The molecule has 1 atom stereocenters. The summed E-state index contributed by atoms with van der Waals surface area (Å²) in [5.41, 5.74) is 3.36. The van der Waals surface area contributed by atoms with E-state index >= 15 is 0 Å². The van der Waals surface area contributed by atoms with Gasteiger partial charge in [0.15, 0.2) is 0 Å². The Morgan fingerprint density at radius 3 is 2.16 bits per heavy atom. The average molecular weight is 516 g/mol. The first-order chi connectivity index (χ1) is 18.5. The fraction of sp³-hybridized carbons (Fsp3) is 0.600. The molecule has 0 spiro atoms. The van der Waals surface area contributed by atoms with Crippen molar-refractivity contribution in [2.75, 3.05) is 0 Å². The van der Waals surface area contributed by atoms with Crippen LogP contribution in [0.2, 0.25) is 0 Å². The lowest BCUT2D eigenvalue weighted by Gasteiger charge is -2.35. The van der Waals surface area contributed by atoms with Crippen molar-refractivity contribution >= 4 is 5.97 Å². The Balaban J connectivity index is 1.64. The molecular formula is C35H49NO2. The Labute approximate surface area is 232 Å². The van der Waals surface area contributed by atoms with Gasteiger partial charge in [-0.25, -0.2) is 0 Å². The predicted molar refractivity (Wildman–Crippen MR) is 157 cm³/mol. The standard InChI is InChI=1S/C35H49NO2/c1-4-6-7-8-9-10-11-13-16-29-19-22-33(31(26-29)27-36)38-34(37)35(23-14-12-15-24-35)32-20-17-30(18-21-32)25-28(3)5-2/h17-22,26,28H,4-16,23-25H2,1-3H3. The smallest absolute Gasteiger partial charge is 0.321 e. The van der Waals surface area contributed by atoms with E-state index < -0.39 is 5.41 Å². The Morgan fingerprint density at radius 2 is 1.53 bits per heavy atom. The molecule has 0 heterocycles. The maximum atomic E-state index is 13.8. The number of benzene rings is 2. The number of esters is 1. The van der Waals surface area contributed by atoms with E-state index in [9.17, 15) is 10.1 Å². The summed E-state index contributed by atoms with van der Waals surface area (Å²) in [7, 11) is 0. The van der Waals surface area contributed by atoms with E-state index in [1.54, 1.807) is 0 Å². The minimum absolute atomic E-state index is 0.209. The van der Waals surface area contributed by atoms with E-state index in [-0.39, 0.29) is 5.97 Å². The summed E-state index contributed by atoms with van der Waals surface area (Å²) in [4.78, 5) is 13.8. The van der Waals surface area contributed by atoms with E-state index in [1.165, 1.54) is 50.5 Å². The lowest BCUT2D eigenvalue weighted by Crippen LogP contribution is -2.41. The molecule has 3 heteroatoms. The fourth-order valence-electron chi connectivity index (χ4n) is 5.84. The van der Waals surface area contributed by atoms with E-state index in [2.05, 4.69) is 51.1 Å². The molecule has 0 amide bonds. The van der Waals surface area contributed by atoms with Crippen molar-refractivity contribution in [3.05, 3.63) is 64.7 Å². The van der Waals surface area contributed by atoms with Crippen LogP contribution in [0.15, 0.2) is 42.5 Å². The second-order valence-electron chi connectivity index (χ2n) is 11.6. The number of carbonyl (C=O) groups excluding carboxylic acids is 1. The van der Waals surface area contributed by atoms with Crippen molar-refractivity contribution in [1.82, 2.24) is 0 Å². The van der Waals surface area contributed by atoms with Crippen molar-refractivity contribution in [1.29, 1.82) is 5.26 Å². The minimum Gasteiger partial charge on any atom is -0.424 e. The molecule has 2 aromatic carbocycles. The van der Waals surface area contributed by atoms with Crippen LogP contribution in [-0.2, 0) is 23.1 Å². The van der Waals surface area contributed by atoms with Crippen LogP contribution in [0.3, 0.4) is 0 Å². The molecule has 0 radical (unpaired) electrons. The summed E-state index contributed by atoms with van der Waals surface area (Å²) < 4.78 is 6.03. The largest absolute Gasteiger partial charge is 0.424 e. The molecule has 0 bridgehead atoms. The number of ether oxygens (including phenoxy) is 1. The molecule has 0 saturated heterocycles. The fourth-order valence-corrected chi connectivity index (χ4v) is 5.84. The van der Waals surface area contributed by atoms with E-state index in [1.807, 2.05) is 18.2 Å². The van der Waals surface area contributed by atoms with Gasteiger partial charge in [0.05, 0.1) is 11.0 Å². The summed E-state index contributed by atoms with van der Waals surface area (Å²) >= 11 is 0. The molecule has 3 rings (SSSR count). The molecule has 3 nitrogen and oxygen atoms in total. The summed E-state index contributed by atoms with van der Waals surface area (Å²) in [6.45, 7) is 6.76. The Bertz CT molecular complexity index is 1030. The molecule has 0 N–H and O–H groups in total. The number of carbonyl (C=O) groups is 1. The summed E-state index contributed by atoms with van der Waals surface area (Å²) in [6.07, 6.45) is 18.3. The third kappa shape index (κ3) is 8.45. The first-order valence-corrected chi connectivity index (χ1v) is 15.4. The van der Waals surface area contributed by atoms with Gasteiger partial charge < -0.3 is 4.74 Å². The summed E-state index contributed by atoms with van der Waals surface area (Å²) in [5, 5.41) is 9.84. The van der Waals surface area contributed by atoms with E-state index in [0.717, 1.165) is 68.9 Å². The predicted octanol–water partition coefficient (Wildman–Crippen LogP) is 9.64. The third-order valence-corrected chi connectivity index (χ3v) is 8.57. The van der Waals surface area contributed by atoms with E-state index in [4.69, 9.17) is 4.74 Å². The topological polar surface area (TPSA) is 50.1 Å². The first kappa shape index (κ1) is 29.9. The van der Waals surface area contributed by atoms with Crippen molar-refractivity contribution < 1.29 is 9.53 Å². The van der Waals surface area contributed by atoms with Gasteiger partial charge in [-0.2, -0.15) is 5.26 Å². The van der Waals surface area contributed by atoms with Crippen LogP contribution in [0.4, 0.5) is 0 Å². The Morgan fingerprint density at radius 1 is 0.895 bits per heavy atom. The number of rotatable bonds is 15. The van der Waals surface area contributed by atoms with Crippen molar-refractivity contribution in [2.24, 2.45) is 5.92 Å². The zero-order chi connectivity index (χ0) is 27.2. The molecule has 0 aromatic heterocycles.